The van der Waals surface area contributed by atoms with E-state index >= 15 is 0 Å². The zero-order valence-electron chi connectivity index (χ0n) is 17.7. The summed E-state index contributed by atoms with van der Waals surface area (Å²) in [6.07, 6.45) is 4.08. The van der Waals surface area contributed by atoms with Gasteiger partial charge in [0.05, 0.1) is 0 Å². The van der Waals surface area contributed by atoms with Crippen molar-refractivity contribution in [3.05, 3.63) is 81.9 Å². The Morgan fingerprint density at radius 2 is 1.07 bits per heavy atom. The van der Waals surface area contributed by atoms with Crippen molar-refractivity contribution in [1.82, 2.24) is 4.90 Å². The van der Waals surface area contributed by atoms with Gasteiger partial charge >= 0.3 is 0 Å². The molecule has 0 bridgehead atoms. The van der Waals surface area contributed by atoms with Crippen LogP contribution in [0.3, 0.4) is 0 Å². The maximum atomic E-state index is 13.1. The van der Waals surface area contributed by atoms with E-state index in [9.17, 15) is 4.79 Å². The Bertz CT molecular complexity index is 810. The number of benzene rings is 2. The van der Waals surface area contributed by atoms with Crippen molar-refractivity contribution in [3.8, 4) is 0 Å². The van der Waals surface area contributed by atoms with Gasteiger partial charge in [-0.15, -0.1) is 0 Å². The molecule has 2 nitrogen and oxygen atoms in total. The first-order valence-electron chi connectivity index (χ1n) is 10.2. The maximum Gasteiger partial charge on any atom is 0.187 e. The highest BCUT2D eigenvalue weighted by Gasteiger charge is 2.23. The Kier molecular flexibility index (Phi) is 6.31. The van der Waals surface area contributed by atoms with Gasteiger partial charge in [-0.3, -0.25) is 9.69 Å². The van der Waals surface area contributed by atoms with Crippen LogP contribution in [0.15, 0.2) is 59.7 Å². The van der Waals surface area contributed by atoms with E-state index in [0.29, 0.717) is 24.9 Å². The molecule has 3 rings (SSSR count). The molecule has 0 atom stereocenters. The fraction of sp³-hybridized carbons (Fsp3) is 0.346. The molecular weight excluding hydrogens is 342 g/mol. The Balaban J connectivity index is 1.85. The first kappa shape index (κ1) is 20.3. The van der Waals surface area contributed by atoms with Gasteiger partial charge in [-0.05, 0) is 53.3 Å². The lowest BCUT2D eigenvalue weighted by Crippen LogP contribution is -2.34. The highest BCUT2D eigenvalue weighted by Crippen LogP contribution is 2.23. The van der Waals surface area contributed by atoms with E-state index in [2.05, 4.69) is 88.2 Å². The first-order chi connectivity index (χ1) is 13.3. The van der Waals surface area contributed by atoms with Crippen LogP contribution >= 0.6 is 0 Å². The lowest BCUT2D eigenvalue weighted by atomic mass is 9.93. The number of carbonyl (C=O) groups is 1. The summed E-state index contributed by atoms with van der Waals surface area (Å²) in [5.41, 5.74) is 6.53. The van der Waals surface area contributed by atoms with Crippen molar-refractivity contribution in [2.24, 2.45) is 0 Å². The van der Waals surface area contributed by atoms with Crippen LogP contribution in [-0.2, 0) is 4.79 Å². The minimum Gasteiger partial charge on any atom is -0.298 e. The molecule has 1 fully saturated rings. The Morgan fingerprint density at radius 1 is 0.714 bits per heavy atom. The topological polar surface area (TPSA) is 20.3 Å². The monoisotopic (exact) mass is 373 g/mol. The number of nitrogens with zero attached hydrogens (tertiary/aromatic N) is 1. The molecule has 0 radical (unpaired) electrons. The van der Waals surface area contributed by atoms with Gasteiger partial charge in [0.2, 0.25) is 0 Å². The third-order valence-corrected chi connectivity index (χ3v) is 5.35. The number of hydrogen-bond acceptors (Lipinski definition) is 2. The number of piperidine rings is 1. The quantitative estimate of drug-likeness (QED) is 0.621. The minimum absolute atomic E-state index is 0.166. The molecule has 0 aliphatic carbocycles. The van der Waals surface area contributed by atoms with Gasteiger partial charge in [-0.2, -0.15) is 0 Å². The molecule has 2 aromatic carbocycles. The van der Waals surface area contributed by atoms with Crippen LogP contribution in [0.2, 0.25) is 0 Å². The van der Waals surface area contributed by atoms with E-state index in [1.54, 1.807) is 0 Å². The van der Waals surface area contributed by atoms with Gasteiger partial charge in [0.15, 0.2) is 5.78 Å². The van der Waals surface area contributed by atoms with Gasteiger partial charge in [0.25, 0.3) is 0 Å². The molecule has 0 N–H and O–H groups in total. The second-order valence-corrected chi connectivity index (χ2v) is 8.48. The highest BCUT2D eigenvalue weighted by molar-refractivity contribution is 6.14. The molecule has 2 aromatic rings. The average Bonchev–Trinajstić information content (AvgIpc) is 2.66. The Hall–Kier alpha value is -2.45. The summed E-state index contributed by atoms with van der Waals surface area (Å²) in [6, 6.07) is 17.1. The van der Waals surface area contributed by atoms with Crippen molar-refractivity contribution in [2.75, 3.05) is 20.1 Å². The van der Waals surface area contributed by atoms with E-state index in [1.165, 1.54) is 11.1 Å². The Morgan fingerprint density at radius 3 is 1.39 bits per heavy atom. The Labute approximate surface area is 169 Å². The number of carbonyl (C=O) groups excluding carboxylic acids is 1. The lowest BCUT2D eigenvalue weighted by Gasteiger charge is -2.26. The summed E-state index contributed by atoms with van der Waals surface area (Å²) in [7, 11) is 2.07. The summed E-state index contributed by atoms with van der Waals surface area (Å²) in [5, 5.41) is 0. The second-order valence-electron chi connectivity index (χ2n) is 8.48. The summed E-state index contributed by atoms with van der Waals surface area (Å²) in [5.74, 6) is 1.19. The maximum absolute atomic E-state index is 13.1. The molecule has 0 unspecified atom stereocenters. The average molecular weight is 374 g/mol. The predicted molar refractivity (Wildman–Crippen MR) is 120 cm³/mol. The number of ketones is 1. The van der Waals surface area contributed by atoms with Crippen molar-refractivity contribution in [3.63, 3.8) is 0 Å². The molecule has 1 heterocycles. The summed E-state index contributed by atoms with van der Waals surface area (Å²) < 4.78 is 0. The molecule has 0 spiro atoms. The molecule has 0 amide bonds. The van der Waals surface area contributed by atoms with Crippen LogP contribution in [-0.4, -0.2) is 30.8 Å². The van der Waals surface area contributed by atoms with Gasteiger partial charge < -0.3 is 0 Å². The first-order valence-corrected chi connectivity index (χ1v) is 10.2. The molecule has 1 saturated heterocycles. The van der Waals surface area contributed by atoms with E-state index in [-0.39, 0.29) is 5.78 Å². The van der Waals surface area contributed by atoms with Crippen LogP contribution in [0.4, 0.5) is 0 Å². The minimum atomic E-state index is 0.166. The normalized spacial score (nSPS) is 18.6. The molecule has 146 valence electrons. The van der Waals surface area contributed by atoms with Crippen molar-refractivity contribution < 1.29 is 4.79 Å². The standard InChI is InChI=1S/C26H31NO/c1-18(2)22-10-6-20(7-11-22)14-24-16-27(5)17-25(26(24)28)15-21-8-12-23(13-9-21)19(3)4/h6-15,18-19H,16-17H2,1-5H3/b24-14-,25-15+. The highest BCUT2D eigenvalue weighted by atomic mass is 16.1. The fourth-order valence-corrected chi connectivity index (χ4v) is 3.57. The van der Waals surface area contributed by atoms with Crippen LogP contribution in [0, 0.1) is 0 Å². The van der Waals surface area contributed by atoms with Gasteiger partial charge in [0.1, 0.15) is 0 Å². The molecule has 28 heavy (non-hydrogen) atoms. The third kappa shape index (κ3) is 4.88. The van der Waals surface area contributed by atoms with Gasteiger partial charge in [0, 0.05) is 24.2 Å². The molecule has 0 aromatic heterocycles. The van der Waals surface area contributed by atoms with Crippen molar-refractivity contribution in [2.45, 2.75) is 39.5 Å². The van der Waals surface area contributed by atoms with Crippen LogP contribution in [0.5, 0.6) is 0 Å². The lowest BCUT2D eigenvalue weighted by molar-refractivity contribution is -0.113. The van der Waals surface area contributed by atoms with E-state index < -0.39 is 0 Å². The largest absolute Gasteiger partial charge is 0.298 e. The number of likely N-dealkylation sites (tertiary alicyclic amines) is 1. The summed E-state index contributed by atoms with van der Waals surface area (Å²) >= 11 is 0. The zero-order chi connectivity index (χ0) is 20.3. The number of rotatable bonds is 4. The number of likely N-dealkylation sites (N-methyl/N-ethyl adjacent to an activating group) is 1. The number of Topliss-reactive ketones (excluding diaryl/α,β-unsaturated/α-hetero) is 1. The SMILES string of the molecule is CC(C)c1ccc(/C=C2/CN(C)C/C(=C\c3ccc(C(C)C)cc3)C2=O)cc1. The molecule has 1 aliphatic rings. The molecule has 0 saturated carbocycles. The summed E-state index contributed by atoms with van der Waals surface area (Å²) in [6.45, 7) is 10.1. The van der Waals surface area contributed by atoms with E-state index in [4.69, 9.17) is 0 Å². The van der Waals surface area contributed by atoms with Crippen molar-refractivity contribution >= 4 is 17.9 Å². The third-order valence-electron chi connectivity index (χ3n) is 5.35. The van der Waals surface area contributed by atoms with Crippen molar-refractivity contribution in [1.29, 1.82) is 0 Å². The van der Waals surface area contributed by atoms with Gasteiger partial charge in [-0.1, -0.05) is 76.2 Å². The number of hydrogen-bond donors (Lipinski definition) is 0. The second kappa shape index (κ2) is 8.70. The predicted octanol–water partition coefficient (Wildman–Crippen LogP) is 5.91. The fourth-order valence-electron chi connectivity index (χ4n) is 3.57. The summed E-state index contributed by atoms with van der Waals surface area (Å²) in [4.78, 5) is 15.3. The zero-order valence-corrected chi connectivity index (χ0v) is 17.7. The van der Waals surface area contributed by atoms with Crippen LogP contribution in [0.25, 0.3) is 12.2 Å². The van der Waals surface area contributed by atoms with E-state index in [1.807, 2.05) is 12.2 Å². The smallest absolute Gasteiger partial charge is 0.187 e. The molecule has 2 heteroatoms. The molecular formula is C26H31NO. The van der Waals surface area contributed by atoms with Gasteiger partial charge in [-0.25, -0.2) is 0 Å². The molecule has 1 aliphatic heterocycles. The van der Waals surface area contributed by atoms with Crippen LogP contribution in [0.1, 0.15) is 61.8 Å². The van der Waals surface area contributed by atoms with Crippen LogP contribution < -0.4 is 0 Å². The van der Waals surface area contributed by atoms with E-state index in [0.717, 1.165) is 22.3 Å².